The molecule has 1 atom stereocenters. The molecule has 0 aromatic carbocycles. The van der Waals surface area contributed by atoms with Crippen molar-refractivity contribution in [3.05, 3.63) is 17.5 Å². The van der Waals surface area contributed by atoms with Gasteiger partial charge in [-0.1, -0.05) is 0 Å². The Kier molecular flexibility index (Phi) is 2.84. The predicted molar refractivity (Wildman–Crippen MR) is 56.1 cm³/mol. The highest BCUT2D eigenvalue weighted by atomic mass is 15.2. The average molecular weight is 194 g/mol. The molecule has 1 aliphatic heterocycles. The van der Waals surface area contributed by atoms with Gasteiger partial charge in [0.05, 0.1) is 6.20 Å². The molecule has 1 aromatic heterocycles. The fourth-order valence-electron chi connectivity index (χ4n) is 1.91. The summed E-state index contributed by atoms with van der Waals surface area (Å²) in [6, 6.07) is 0.648. The lowest BCUT2D eigenvalue weighted by Gasteiger charge is -2.12. The topological polar surface area (TPSA) is 44.0 Å². The molecule has 78 valence electrons. The fourth-order valence-corrected chi connectivity index (χ4v) is 1.91. The minimum Gasteiger partial charge on any atom is -0.308 e. The number of aromatic nitrogens is 2. The van der Waals surface area contributed by atoms with Crippen LogP contribution in [0.2, 0.25) is 0 Å². The lowest BCUT2D eigenvalue weighted by Crippen LogP contribution is -2.31. The summed E-state index contributed by atoms with van der Waals surface area (Å²) in [5.41, 5.74) is 2.45. The Balaban J connectivity index is 1.80. The van der Waals surface area contributed by atoms with Crippen molar-refractivity contribution >= 4 is 0 Å². The summed E-state index contributed by atoms with van der Waals surface area (Å²) in [5.74, 6) is 0. The minimum absolute atomic E-state index is 0.648. The first-order valence-electron chi connectivity index (χ1n) is 5.16. The first-order chi connectivity index (χ1) is 6.75. The number of rotatable bonds is 3. The first kappa shape index (κ1) is 9.68. The molecule has 4 heteroatoms. The second-order valence-electron chi connectivity index (χ2n) is 4.15. The summed E-state index contributed by atoms with van der Waals surface area (Å²) in [6.45, 7) is 5.37. The van der Waals surface area contributed by atoms with Crippen molar-refractivity contribution < 1.29 is 0 Å². The van der Waals surface area contributed by atoms with Gasteiger partial charge in [-0.3, -0.25) is 5.10 Å². The van der Waals surface area contributed by atoms with Crippen LogP contribution in [0.25, 0.3) is 0 Å². The number of H-pyrrole nitrogens is 1. The zero-order valence-electron chi connectivity index (χ0n) is 8.88. The van der Waals surface area contributed by atoms with E-state index in [0.717, 1.165) is 13.1 Å². The van der Waals surface area contributed by atoms with Crippen molar-refractivity contribution in [2.75, 3.05) is 20.1 Å². The molecule has 1 aliphatic rings. The standard InChI is InChI=1S/C10H18N4/c1-8-9(6-12-13-8)5-11-10-3-4-14(2)7-10/h6,10-11H,3-5,7H2,1-2H3,(H,12,13). The molecule has 2 N–H and O–H groups in total. The number of aromatic amines is 1. The van der Waals surface area contributed by atoms with E-state index in [-0.39, 0.29) is 0 Å². The van der Waals surface area contributed by atoms with E-state index in [0.29, 0.717) is 6.04 Å². The van der Waals surface area contributed by atoms with Crippen LogP contribution >= 0.6 is 0 Å². The lowest BCUT2D eigenvalue weighted by atomic mass is 10.2. The van der Waals surface area contributed by atoms with Gasteiger partial charge in [-0.2, -0.15) is 5.10 Å². The quantitative estimate of drug-likeness (QED) is 0.737. The van der Waals surface area contributed by atoms with Crippen LogP contribution in [0.5, 0.6) is 0 Å². The molecular weight excluding hydrogens is 176 g/mol. The molecule has 0 radical (unpaired) electrons. The van der Waals surface area contributed by atoms with Crippen molar-refractivity contribution in [3.8, 4) is 0 Å². The normalized spacial score (nSPS) is 23.1. The van der Waals surface area contributed by atoms with Crippen molar-refractivity contribution in [1.29, 1.82) is 0 Å². The fraction of sp³-hybridized carbons (Fsp3) is 0.700. The second-order valence-corrected chi connectivity index (χ2v) is 4.15. The van der Waals surface area contributed by atoms with Gasteiger partial charge in [-0.15, -0.1) is 0 Å². The highest BCUT2D eigenvalue weighted by Gasteiger charge is 2.18. The van der Waals surface area contributed by atoms with Crippen molar-refractivity contribution in [2.45, 2.75) is 25.9 Å². The Morgan fingerprint density at radius 1 is 1.71 bits per heavy atom. The highest BCUT2D eigenvalue weighted by Crippen LogP contribution is 2.08. The van der Waals surface area contributed by atoms with E-state index >= 15 is 0 Å². The summed E-state index contributed by atoms with van der Waals surface area (Å²) in [7, 11) is 2.17. The van der Waals surface area contributed by atoms with Gasteiger partial charge < -0.3 is 10.2 Å². The van der Waals surface area contributed by atoms with Crippen LogP contribution < -0.4 is 5.32 Å². The highest BCUT2D eigenvalue weighted by molar-refractivity contribution is 5.13. The number of hydrogen-bond acceptors (Lipinski definition) is 3. The molecule has 0 spiro atoms. The van der Waals surface area contributed by atoms with E-state index in [4.69, 9.17) is 0 Å². The number of likely N-dealkylation sites (tertiary alicyclic amines) is 1. The average Bonchev–Trinajstić information content (AvgIpc) is 2.72. The summed E-state index contributed by atoms with van der Waals surface area (Å²) in [6.07, 6.45) is 3.16. The number of hydrogen-bond donors (Lipinski definition) is 2. The molecule has 1 fully saturated rings. The zero-order valence-corrected chi connectivity index (χ0v) is 8.88. The van der Waals surface area contributed by atoms with Gasteiger partial charge in [0.15, 0.2) is 0 Å². The molecule has 14 heavy (non-hydrogen) atoms. The number of likely N-dealkylation sites (N-methyl/N-ethyl adjacent to an activating group) is 1. The van der Waals surface area contributed by atoms with Crippen LogP contribution in [-0.4, -0.2) is 41.3 Å². The summed E-state index contributed by atoms with van der Waals surface area (Å²) >= 11 is 0. The lowest BCUT2D eigenvalue weighted by molar-refractivity contribution is 0.397. The molecular formula is C10H18N4. The zero-order chi connectivity index (χ0) is 9.97. The Hall–Kier alpha value is -0.870. The van der Waals surface area contributed by atoms with Crippen LogP contribution in [0, 0.1) is 6.92 Å². The van der Waals surface area contributed by atoms with Crippen LogP contribution in [-0.2, 0) is 6.54 Å². The van der Waals surface area contributed by atoms with Crippen LogP contribution in [0.1, 0.15) is 17.7 Å². The Bertz CT molecular complexity index is 294. The minimum atomic E-state index is 0.648. The van der Waals surface area contributed by atoms with Gasteiger partial charge in [0.25, 0.3) is 0 Å². The van der Waals surface area contributed by atoms with E-state index < -0.39 is 0 Å². The molecule has 4 nitrogen and oxygen atoms in total. The Morgan fingerprint density at radius 2 is 2.57 bits per heavy atom. The monoisotopic (exact) mass is 194 g/mol. The molecule has 2 heterocycles. The molecule has 0 amide bonds. The first-order valence-corrected chi connectivity index (χ1v) is 5.16. The number of nitrogens with zero attached hydrogens (tertiary/aromatic N) is 2. The van der Waals surface area contributed by atoms with Crippen LogP contribution in [0.4, 0.5) is 0 Å². The largest absolute Gasteiger partial charge is 0.308 e. The summed E-state index contributed by atoms with van der Waals surface area (Å²) in [5, 5.41) is 10.5. The van der Waals surface area contributed by atoms with Crippen molar-refractivity contribution in [3.63, 3.8) is 0 Å². The molecule has 1 saturated heterocycles. The van der Waals surface area contributed by atoms with E-state index in [1.807, 2.05) is 6.20 Å². The molecule has 1 unspecified atom stereocenters. The Morgan fingerprint density at radius 3 is 3.14 bits per heavy atom. The van der Waals surface area contributed by atoms with E-state index in [2.05, 4.69) is 34.4 Å². The maximum absolute atomic E-state index is 4.01. The Labute approximate surface area is 84.7 Å². The summed E-state index contributed by atoms with van der Waals surface area (Å²) < 4.78 is 0. The third kappa shape index (κ3) is 2.13. The number of nitrogens with one attached hydrogen (secondary N) is 2. The second kappa shape index (κ2) is 4.11. The maximum atomic E-state index is 4.01. The van der Waals surface area contributed by atoms with Gasteiger partial charge in [-0.05, 0) is 26.9 Å². The van der Waals surface area contributed by atoms with Crippen molar-refractivity contribution in [2.24, 2.45) is 0 Å². The van der Waals surface area contributed by atoms with Gasteiger partial charge in [0.1, 0.15) is 0 Å². The number of aryl methyl sites for hydroxylation is 1. The van der Waals surface area contributed by atoms with Crippen LogP contribution in [0.3, 0.4) is 0 Å². The van der Waals surface area contributed by atoms with Crippen molar-refractivity contribution in [1.82, 2.24) is 20.4 Å². The van der Waals surface area contributed by atoms with E-state index in [1.165, 1.54) is 24.2 Å². The smallest absolute Gasteiger partial charge is 0.0535 e. The molecule has 2 rings (SSSR count). The maximum Gasteiger partial charge on any atom is 0.0535 e. The van der Waals surface area contributed by atoms with E-state index in [9.17, 15) is 0 Å². The van der Waals surface area contributed by atoms with Gasteiger partial charge in [-0.25, -0.2) is 0 Å². The molecule has 1 aromatic rings. The van der Waals surface area contributed by atoms with Gasteiger partial charge >= 0.3 is 0 Å². The van der Waals surface area contributed by atoms with Crippen LogP contribution in [0.15, 0.2) is 6.20 Å². The molecule has 0 aliphatic carbocycles. The molecule has 0 saturated carbocycles. The SMILES string of the molecule is Cc1[nH]ncc1CNC1CCN(C)C1. The molecule has 0 bridgehead atoms. The predicted octanol–water partition coefficient (Wildman–Crippen LogP) is 0.512. The van der Waals surface area contributed by atoms with Gasteiger partial charge in [0.2, 0.25) is 0 Å². The van der Waals surface area contributed by atoms with E-state index in [1.54, 1.807) is 0 Å². The third-order valence-corrected chi connectivity index (χ3v) is 2.91. The third-order valence-electron chi connectivity index (χ3n) is 2.91. The summed E-state index contributed by atoms with van der Waals surface area (Å²) in [4.78, 5) is 2.36. The van der Waals surface area contributed by atoms with Gasteiger partial charge in [0, 0.05) is 30.4 Å².